The zero-order chi connectivity index (χ0) is 53.3. The molecule has 73 heavy (non-hydrogen) atoms. The highest BCUT2D eigenvalue weighted by Crippen LogP contribution is 2.44. The van der Waals surface area contributed by atoms with Gasteiger partial charge in [0.2, 0.25) is 23.3 Å². The third-order valence-electron chi connectivity index (χ3n) is 11.9. The molecule has 4 atom stereocenters. The quantitative estimate of drug-likeness (QED) is 0.0195. The van der Waals surface area contributed by atoms with Gasteiger partial charge in [-0.3, -0.25) is 24.0 Å². The number of carbonyl (C=O) groups excluding carboxylic acids is 7. The van der Waals surface area contributed by atoms with Crippen molar-refractivity contribution >= 4 is 41.8 Å². The molecule has 0 aliphatic heterocycles. The fourth-order valence-corrected chi connectivity index (χ4v) is 8.26. The van der Waals surface area contributed by atoms with Crippen LogP contribution in [0.3, 0.4) is 0 Å². The van der Waals surface area contributed by atoms with Crippen molar-refractivity contribution in [2.45, 2.75) is 108 Å². The molecule has 6 N–H and O–H groups in total. The van der Waals surface area contributed by atoms with Crippen LogP contribution < -0.4 is 31.9 Å². The molecule has 0 aromatic heterocycles. The first-order valence-corrected chi connectivity index (χ1v) is 23.8. The average molecular weight is 1010 g/mol. The lowest BCUT2D eigenvalue weighted by atomic mass is 9.83. The van der Waals surface area contributed by atoms with Gasteiger partial charge in [0.25, 0.3) is 5.91 Å². The van der Waals surface area contributed by atoms with E-state index < -0.39 is 89.7 Å². The lowest BCUT2D eigenvalue weighted by Gasteiger charge is -2.40. The van der Waals surface area contributed by atoms with Gasteiger partial charge in [-0.05, 0) is 79.3 Å². The SMILES string of the molecule is C=CC[C@@H](NC(=O)OCC1c2ccccc2-c2ccccc21)C(=O)N[C@H](Cc1ccccc1)C(=O)NC(C(=O)N[C@@H](CCCNC(=O)OCc1ccccc1)C(=O)NCC(=O)OC(C)(C)C)(C(C)C)C(F)(F)F. The van der Waals surface area contributed by atoms with Crippen LogP contribution in [0.15, 0.2) is 122 Å². The molecule has 4 aromatic rings. The van der Waals surface area contributed by atoms with Crippen molar-refractivity contribution in [3.63, 3.8) is 0 Å². The molecule has 0 fully saturated rings. The number of carbonyl (C=O) groups is 7. The molecule has 0 spiro atoms. The van der Waals surface area contributed by atoms with Crippen molar-refractivity contribution in [2.24, 2.45) is 5.92 Å². The first-order chi connectivity index (χ1) is 34.6. The minimum Gasteiger partial charge on any atom is -0.459 e. The van der Waals surface area contributed by atoms with E-state index >= 15 is 13.2 Å². The largest absolute Gasteiger partial charge is 0.459 e. The molecule has 19 heteroatoms. The summed E-state index contributed by atoms with van der Waals surface area (Å²) in [4.78, 5) is 94.7. The number of nitrogens with one attached hydrogen (secondary N) is 6. The Kier molecular flexibility index (Phi) is 19.7. The van der Waals surface area contributed by atoms with Crippen molar-refractivity contribution in [3.05, 3.63) is 144 Å². The summed E-state index contributed by atoms with van der Waals surface area (Å²) in [5.74, 6) is -8.22. The highest BCUT2D eigenvalue weighted by molar-refractivity contribution is 5.98. The average Bonchev–Trinajstić information content (AvgIpc) is 3.66. The van der Waals surface area contributed by atoms with Gasteiger partial charge in [0.15, 0.2) is 0 Å². The van der Waals surface area contributed by atoms with E-state index in [1.807, 2.05) is 53.8 Å². The van der Waals surface area contributed by atoms with Crippen LogP contribution >= 0.6 is 0 Å². The number of benzene rings is 4. The van der Waals surface area contributed by atoms with Gasteiger partial charge in [0.1, 0.15) is 43.5 Å². The van der Waals surface area contributed by atoms with Crippen LogP contribution in [0.4, 0.5) is 22.8 Å². The van der Waals surface area contributed by atoms with Crippen LogP contribution in [0.1, 0.15) is 82.1 Å². The van der Waals surface area contributed by atoms with E-state index in [-0.39, 0.29) is 51.4 Å². The normalized spacial score (nSPS) is 14.1. The predicted octanol–water partition coefficient (Wildman–Crippen LogP) is 6.92. The van der Waals surface area contributed by atoms with Crippen LogP contribution in [-0.2, 0) is 51.2 Å². The molecule has 1 aliphatic rings. The Bertz CT molecular complexity index is 2530. The van der Waals surface area contributed by atoms with Crippen molar-refractivity contribution in [1.82, 2.24) is 31.9 Å². The lowest BCUT2D eigenvalue weighted by molar-refractivity contribution is -0.212. The van der Waals surface area contributed by atoms with Gasteiger partial charge < -0.3 is 46.1 Å². The van der Waals surface area contributed by atoms with Crippen LogP contribution in [0.2, 0.25) is 0 Å². The number of alkyl halides is 3. The summed E-state index contributed by atoms with van der Waals surface area (Å²) in [6.07, 6.45) is -7.00. The zero-order valence-corrected chi connectivity index (χ0v) is 41.4. The maximum Gasteiger partial charge on any atom is 0.420 e. The van der Waals surface area contributed by atoms with E-state index in [1.54, 1.807) is 81.4 Å². The standard InChI is InChI=1S/C54H63F3N6O10/c1-7-19-42(62-51(70)72-33-41-39-26-16-14-24-37(39)38-25-15-17-27-40(38)41)47(66)60-44(30-35-20-10-8-11-21-35)48(67)63-53(34(2)3,54(55,56)57)49(68)61-43(46(65)59-31-45(64)73-52(4,5)6)28-18-29-58-50(69)71-32-36-22-12-9-13-23-36/h7-17,20-27,34,41-44H,1,18-19,28-33H2,2-6H3,(H,58,69)(H,59,65)(H,60,66)(H,61,68)(H,62,70)(H,63,67)/t42-,43+,44-,53?/m1/s1. The van der Waals surface area contributed by atoms with Gasteiger partial charge in [-0.1, -0.05) is 129 Å². The molecule has 6 amide bonds. The van der Waals surface area contributed by atoms with E-state index in [0.717, 1.165) is 36.1 Å². The Balaban J connectivity index is 1.34. The highest BCUT2D eigenvalue weighted by atomic mass is 19.4. The van der Waals surface area contributed by atoms with Gasteiger partial charge >= 0.3 is 24.3 Å². The lowest BCUT2D eigenvalue weighted by Crippen LogP contribution is -2.73. The van der Waals surface area contributed by atoms with Crippen LogP contribution in [0, 0.1) is 5.92 Å². The van der Waals surface area contributed by atoms with Gasteiger partial charge in [-0.15, -0.1) is 6.58 Å². The molecule has 1 aliphatic carbocycles. The van der Waals surface area contributed by atoms with Crippen molar-refractivity contribution < 1.29 is 60.9 Å². The van der Waals surface area contributed by atoms with E-state index in [2.05, 4.69) is 33.2 Å². The number of rotatable bonds is 23. The second kappa shape index (κ2) is 25.6. The first kappa shape index (κ1) is 56.2. The number of hydrogen-bond acceptors (Lipinski definition) is 10. The first-order valence-electron chi connectivity index (χ1n) is 23.8. The van der Waals surface area contributed by atoms with Gasteiger partial charge in [0.05, 0.1) is 0 Å². The molecular weight excluding hydrogens is 950 g/mol. The Morgan fingerprint density at radius 3 is 1.79 bits per heavy atom. The molecule has 5 rings (SSSR count). The molecule has 4 aromatic carbocycles. The summed E-state index contributed by atoms with van der Waals surface area (Å²) in [5, 5.41) is 13.8. The molecule has 0 radical (unpaired) electrons. The van der Waals surface area contributed by atoms with Crippen LogP contribution in [0.25, 0.3) is 11.1 Å². The van der Waals surface area contributed by atoms with Gasteiger partial charge in [0, 0.05) is 18.9 Å². The topological polar surface area (TPSA) is 219 Å². The van der Waals surface area contributed by atoms with Crippen LogP contribution in [-0.4, -0.2) is 96.9 Å². The second-order valence-electron chi connectivity index (χ2n) is 18.7. The third kappa shape index (κ3) is 15.6. The molecule has 16 nitrogen and oxygen atoms in total. The number of fused-ring (bicyclic) bond motifs is 3. The fraction of sp³-hybridized carbons (Fsp3) is 0.389. The number of esters is 1. The second-order valence-corrected chi connectivity index (χ2v) is 18.7. The summed E-state index contributed by atoms with van der Waals surface area (Å²) in [6.45, 7) is 9.52. The molecular formula is C54H63F3N6O10. The summed E-state index contributed by atoms with van der Waals surface area (Å²) in [7, 11) is 0. The molecule has 0 saturated carbocycles. The Labute approximate surface area is 422 Å². The minimum atomic E-state index is -5.53. The van der Waals surface area contributed by atoms with E-state index in [4.69, 9.17) is 14.2 Å². The number of halogens is 3. The van der Waals surface area contributed by atoms with Gasteiger partial charge in [-0.25, -0.2) is 9.59 Å². The highest BCUT2D eigenvalue weighted by Gasteiger charge is 2.64. The zero-order valence-electron chi connectivity index (χ0n) is 41.4. The molecule has 1 unspecified atom stereocenters. The Morgan fingerprint density at radius 1 is 0.658 bits per heavy atom. The Morgan fingerprint density at radius 2 is 1.23 bits per heavy atom. The third-order valence-corrected chi connectivity index (χ3v) is 11.9. The van der Waals surface area contributed by atoms with Crippen molar-refractivity contribution in [2.75, 3.05) is 19.7 Å². The maximum atomic E-state index is 15.7. The smallest absolute Gasteiger partial charge is 0.420 e. The van der Waals surface area contributed by atoms with Crippen molar-refractivity contribution in [1.29, 1.82) is 0 Å². The molecule has 0 bridgehead atoms. The van der Waals surface area contributed by atoms with E-state index in [0.29, 0.717) is 11.1 Å². The number of amides is 6. The molecule has 0 heterocycles. The fourth-order valence-electron chi connectivity index (χ4n) is 8.26. The van der Waals surface area contributed by atoms with Gasteiger partial charge in [-0.2, -0.15) is 13.2 Å². The number of alkyl carbamates (subject to hydrolysis) is 2. The predicted molar refractivity (Wildman–Crippen MR) is 265 cm³/mol. The number of ether oxygens (including phenoxy) is 3. The number of hydrogen-bond donors (Lipinski definition) is 6. The summed E-state index contributed by atoms with van der Waals surface area (Å²) in [6, 6.07) is 27.3. The summed E-state index contributed by atoms with van der Waals surface area (Å²) >= 11 is 0. The monoisotopic (exact) mass is 1010 g/mol. The maximum absolute atomic E-state index is 15.7. The molecule has 390 valence electrons. The van der Waals surface area contributed by atoms with Crippen molar-refractivity contribution in [3.8, 4) is 11.1 Å². The minimum absolute atomic E-state index is 0.0532. The Hall–Kier alpha value is -7.70. The molecule has 0 saturated heterocycles. The van der Waals surface area contributed by atoms with E-state index in [1.165, 1.54) is 6.08 Å². The van der Waals surface area contributed by atoms with E-state index in [9.17, 15) is 33.6 Å². The summed E-state index contributed by atoms with van der Waals surface area (Å²) in [5.41, 5.74) is 0.327. The summed E-state index contributed by atoms with van der Waals surface area (Å²) < 4.78 is 63.2. The van der Waals surface area contributed by atoms with Crippen LogP contribution in [0.5, 0.6) is 0 Å².